The number of hydrogen-bond acceptors (Lipinski definition) is 2. The van der Waals surface area contributed by atoms with E-state index in [0.717, 1.165) is 10.7 Å². The molecule has 1 amide bonds. The lowest BCUT2D eigenvalue weighted by atomic mass is 10.0. The summed E-state index contributed by atoms with van der Waals surface area (Å²) in [7, 11) is 1.19. The highest BCUT2D eigenvalue weighted by Gasteiger charge is 2.35. The molecule has 0 bridgehead atoms. The van der Waals surface area contributed by atoms with E-state index in [4.69, 9.17) is 5.73 Å². The predicted molar refractivity (Wildman–Crippen MR) is 62.2 cm³/mol. The maximum atomic E-state index is 12.7. The van der Waals surface area contributed by atoms with Crippen LogP contribution in [0.1, 0.15) is 16.1 Å². The first-order valence-electron chi connectivity index (χ1n) is 5.31. The van der Waals surface area contributed by atoms with Gasteiger partial charge in [-0.3, -0.25) is 9.48 Å². The molecule has 0 radical (unpaired) electrons. The molecule has 2 rings (SSSR count). The molecular weight excluding hydrogens is 259 g/mol. The number of alkyl halides is 3. The van der Waals surface area contributed by atoms with Crippen LogP contribution in [0.15, 0.2) is 30.3 Å². The van der Waals surface area contributed by atoms with Gasteiger partial charge in [-0.05, 0) is 12.1 Å². The van der Waals surface area contributed by atoms with Crippen LogP contribution >= 0.6 is 0 Å². The molecule has 0 saturated carbocycles. The lowest BCUT2D eigenvalue weighted by Crippen LogP contribution is -2.12. The first-order chi connectivity index (χ1) is 8.80. The van der Waals surface area contributed by atoms with Gasteiger partial charge in [0.1, 0.15) is 5.69 Å². The molecule has 0 atom stereocenters. The fraction of sp³-hybridized carbons (Fsp3) is 0.167. The molecule has 0 spiro atoms. The van der Waals surface area contributed by atoms with Crippen LogP contribution in [-0.4, -0.2) is 15.7 Å². The average Bonchev–Trinajstić information content (AvgIpc) is 2.71. The van der Waals surface area contributed by atoms with E-state index in [1.807, 2.05) is 0 Å². The summed E-state index contributed by atoms with van der Waals surface area (Å²) in [6.07, 6.45) is -4.50. The van der Waals surface area contributed by atoms with Gasteiger partial charge in [-0.15, -0.1) is 0 Å². The van der Waals surface area contributed by atoms with Crippen molar-refractivity contribution in [2.45, 2.75) is 6.18 Å². The van der Waals surface area contributed by atoms with Gasteiger partial charge in [-0.1, -0.05) is 18.2 Å². The van der Waals surface area contributed by atoms with Gasteiger partial charge in [0.25, 0.3) is 0 Å². The van der Waals surface area contributed by atoms with Crippen LogP contribution in [0, 0.1) is 0 Å². The number of halogens is 3. The number of amides is 1. The van der Waals surface area contributed by atoms with Crippen LogP contribution in [0.4, 0.5) is 13.2 Å². The number of hydrogen-bond donors (Lipinski definition) is 1. The van der Waals surface area contributed by atoms with Gasteiger partial charge in [-0.2, -0.15) is 18.3 Å². The molecule has 100 valence electrons. The summed E-state index contributed by atoms with van der Waals surface area (Å²) in [4.78, 5) is 11.2. The lowest BCUT2D eigenvalue weighted by molar-refractivity contribution is -0.143. The zero-order chi connectivity index (χ0) is 14.2. The molecule has 1 aromatic heterocycles. The van der Waals surface area contributed by atoms with Gasteiger partial charge < -0.3 is 5.73 Å². The minimum Gasteiger partial charge on any atom is -0.366 e. The topological polar surface area (TPSA) is 60.9 Å². The Hall–Kier alpha value is -2.31. The molecule has 0 aliphatic rings. The first kappa shape index (κ1) is 13.1. The molecule has 2 N–H and O–H groups in total. The molecule has 0 saturated heterocycles. The highest BCUT2D eigenvalue weighted by Crippen LogP contribution is 2.32. The first-order valence-corrected chi connectivity index (χ1v) is 5.31. The number of carbonyl (C=O) groups is 1. The third kappa shape index (κ3) is 2.44. The number of aryl methyl sites for hydroxylation is 1. The van der Waals surface area contributed by atoms with Crippen molar-refractivity contribution in [1.29, 1.82) is 0 Å². The maximum Gasteiger partial charge on any atom is 0.433 e. The largest absolute Gasteiger partial charge is 0.433 e. The smallest absolute Gasteiger partial charge is 0.366 e. The Bertz CT molecular complexity index is 631. The van der Waals surface area contributed by atoms with Crippen LogP contribution < -0.4 is 5.73 Å². The number of carbonyl (C=O) groups excluding carboxylic acids is 1. The fourth-order valence-electron chi connectivity index (χ4n) is 1.79. The molecule has 0 aliphatic carbocycles. The summed E-state index contributed by atoms with van der Waals surface area (Å²) in [6.45, 7) is 0. The number of nitrogens with two attached hydrogens (primary N) is 1. The maximum absolute atomic E-state index is 12.7. The van der Waals surface area contributed by atoms with Crippen molar-refractivity contribution in [1.82, 2.24) is 9.78 Å². The second-order valence-electron chi connectivity index (χ2n) is 3.95. The summed E-state index contributed by atoms with van der Waals surface area (Å²) < 4.78 is 38.8. The van der Waals surface area contributed by atoms with E-state index >= 15 is 0 Å². The lowest BCUT2D eigenvalue weighted by Gasteiger charge is -2.04. The number of benzene rings is 1. The van der Waals surface area contributed by atoms with Crippen molar-refractivity contribution in [2.75, 3.05) is 0 Å². The molecule has 0 unspecified atom stereocenters. The Balaban J connectivity index is 2.58. The van der Waals surface area contributed by atoms with Gasteiger partial charge in [0.15, 0.2) is 0 Å². The summed E-state index contributed by atoms with van der Waals surface area (Å²) in [5.41, 5.74) is 4.77. The predicted octanol–water partition coefficient (Wildman–Crippen LogP) is 2.20. The number of aromatic nitrogens is 2. The van der Waals surface area contributed by atoms with Crippen molar-refractivity contribution in [3.05, 3.63) is 41.6 Å². The summed E-state index contributed by atoms with van der Waals surface area (Å²) in [5.74, 6) is -0.713. The quantitative estimate of drug-likeness (QED) is 0.908. The standard InChI is InChI=1S/C12H10F3N3O/c1-18-10(12(13,14)15)6-9(17-18)7-4-2-3-5-8(7)11(16)19/h2-6H,1H3,(H2,16,19). The third-order valence-electron chi connectivity index (χ3n) is 2.64. The zero-order valence-electron chi connectivity index (χ0n) is 9.90. The molecule has 1 heterocycles. The van der Waals surface area contributed by atoms with Crippen molar-refractivity contribution < 1.29 is 18.0 Å². The van der Waals surface area contributed by atoms with E-state index in [1.54, 1.807) is 12.1 Å². The Labute approximate surface area is 106 Å². The average molecular weight is 269 g/mol. The highest BCUT2D eigenvalue weighted by atomic mass is 19.4. The molecule has 1 aromatic carbocycles. The van der Waals surface area contributed by atoms with Crippen LogP contribution in [0.3, 0.4) is 0 Å². The van der Waals surface area contributed by atoms with Gasteiger partial charge in [0.05, 0.1) is 5.69 Å². The van der Waals surface area contributed by atoms with Gasteiger partial charge in [0.2, 0.25) is 5.91 Å². The van der Waals surface area contributed by atoms with E-state index in [-0.39, 0.29) is 16.8 Å². The third-order valence-corrected chi connectivity index (χ3v) is 2.64. The van der Waals surface area contributed by atoms with Crippen LogP contribution in [-0.2, 0) is 13.2 Å². The minimum atomic E-state index is -4.50. The Morgan fingerprint density at radius 3 is 2.47 bits per heavy atom. The van der Waals surface area contributed by atoms with Crippen LogP contribution in [0.25, 0.3) is 11.3 Å². The van der Waals surface area contributed by atoms with Gasteiger partial charge in [0, 0.05) is 18.2 Å². The van der Waals surface area contributed by atoms with Crippen LogP contribution in [0.5, 0.6) is 0 Å². The van der Waals surface area contributed by atoms with Crippen molar-refractivity contribution in [2.24, 2.45) is 12.8 Å². The number of primary amides is 1. The summed E-state index contributed by atoms with van der Waals surface area (Å²) in [5, 5.41) is 3.78. The fourth-order valence-corrected chi connectivity index (χ4v) is 1.79. The summed E-state index contributed by atoms with van der Waals surface area (Å²) >= 11 is 0. The molecule has 19 heavy (non-hydrogen) atoms. The number of rotatable bonds is 2. The molecule has 0 aliphatic heterocycles. The number of nitrogens with zero attached hydrogens (tertiary/aromatic N) is 2. The Kier molecular flexibility index (Phi) is 3.05. The second kappa shape index (κ2) is 4.42. The van der Waals surface area contributed by atoms with Gasteiger partial charge >= 0.3 is 6.18 Å². The zero-order valence-corrected chi connectivity index (χ0v) is 9.90. The Morgan fingerprint density at radius 2 is 1.95 bits per heavy atom. The Morgan fingerprint density at radius 1 is 1.32 bits per heavy atom. The molecule has 0 fully saturated rings. The SMILES string of the molecule is Cn1nc(-c2ccccc2C(N)=O)cc1C(F)(F)F. The molecule has 2 aromatic rings. The molecule has 4 nitrogen and oxygen atoms in total. The summed E-state index contributed by atoms with van der Waals surface area (Å²) in [6, 6.07) is 7.02. The van der Waals surface area contributed by atoms with E-state index in [0.29, 0.717) is 0 Å². The normalized spacial score (nSPS) is 11.6. The minimum absolute atomic E-state index is 0.0595. The van der Waals surface area contributed by atoms with Gasteiger partial charge in [-0.25, -0.2) is 0 Å². The van der Waals surface area contributed by atoms with E-state index < -0.39 is 17.8 Å². The van der Waals surface area contributed by atoms with Crippen molar-refractivity contribution >= 4 is 5.91 Å². The van der Waals surface area contributed by atoms with E-state index in [2.05, 4.69) is 5.10 Å². The van der Waals surface area contributed by atoms with E-state index in [1.165, 1.54) is 19.2 Å². The highest BCUT2D eigenvalue weighted by molar-refractivity contribution is 5.99. The van der Waals surface area contributed by atoms with E-state index in [9.17, 15) is 18.0 Å². The second-order valence-corrected chi connectivity index (χ2v) is 3.95. The van der Waals surface area contributed by atoms with Crippen LogP contribution in [0.2, 0.25) is 0 Å². The molecule has 7 heteroatoms. The van der Waals surface area contributed by atoms with Crippen molar-refractivity contribution in [3.8, 4) is 11.3 Å². The van der Waals surface area contributed by atoms with Crippen molar-refractivity contribution in [3.63, 3.8) is 0 Å². The monoisotopic (exact) mass is 269 g/mol. The molecular formula is C12H10F3N3O.